The van der Waals surface area contributed by atoms with Crippen LogP contribution in [-0.4, -0.2) is 22.3 Å². The van der Waals surface area contributed by atoms with Crippen LogP contribution in [-0.2, 0) is 5.41 Å². The number of rotatable bonds is 4. The van der Waals surface area contributed by atoms with Crippen LogP contribution in [0.4, 0.5) is 0 Å². The maximum atomic E-state index is 4.28. The minimum atomic E-state index is 0.0988. The third-order valence-corrected chi connectivity index (χ3v) is 3.66. The fourth-order valence-electron chi connectivity index (χ4n) is 1.81. The SMILES string of the molecule is CBn1cc(C(C)(C)C(C)C(C)C)nn1. The Kier molecular flexibility index (Phi) is 3.58. The van der Waals surface area contributed by atoms with Gasteiger partial charge in [-0.05, 0) is 11.8 Å². The summed E-state index contributed by atoms with van der Waals surface area (Å²) in [5.74, 6) is 1.26. The van der Waals surface area contributed by atoms with E-state index in [0.29, 0.717) is 11.8 Å². The average Bonchev–Trinajstić information content (AvgIpc) is 2.65. The summed E-state index contributed by atoms with van der Waals surface area (Å²) in [5, 5.41) is 8.38. The zero-order chi connectivity index (χ0) is 11.6. The maximum Gasteiger partial charge on any atom is 0.265 e. The fraction of sp³-hybridized carbons (Fsp3) is 0.818. The molecule has 0 amide bonds. The standard InChI is InChI=1S/C11H22BN3/c1-8(2)9(3)11(4,5)10-7-15(12-6)14-13-10/h7-9,12H,1-6H3. The van der Waals surface area contributed by atoms with Crippen LogP contribution in [0, 0.1) is 11.8 Å². The molecule has 1 rings (SSSR count). The van der Waals surface area contributed by atoms with Crippen molar-refractivity contribution >= 4 is 7.41 Å². The molecule has 0 saturated heterocycles. The van der Waals surface area contributed by atoms with Crippen LogP contribution in [0.3, 0.4) is 0 Å². The van der Waals surface area contributed by atoms with E-state index >= 15 is 0 Å². The summed E-state index contributed by atoms with van der Waals surface area (Å²) < 4.78 is 1.89. The highest BCUT2D eigenvalue weighted by atomic mass is 15.4. The van der Waals surface area contributed by atoms with Crippen LogP contribution in [0.1, 0.15) is 40.3 Å². The van der Waals surface area contributed by atoms with E-state index in [1.807, 2.05) is 4.59 Å². The molecule has 1 aromatic heterocycles. The largest absolute Gasteiger partial charge is 0.302 e. The van der Waals surface area contributed by atoms with Gasteiger partial charge < -0.3 is 4.59 Å². The lowest BCUT2D eigenvalue weighted by Crippen LogP contribution is -2.30. The van der Waals surface area contributed by atoms with Gasteiger partial charge in [0, 0.05) is 11.6 Å². The zero-order valence-electron chi connectivity index (χ0n) is 10.8. The van der Waals surface area contributed by atoms with Gasteiger partial charge in [-0.3, -0.25) is 0 Å². The molecule has 1 aromatic rings. The predicted molar refractivity (Wildman–Crippen MR) is 65.5 cm³/mol. The number of nitrogens with zero attached hydrogens (tertiary/aromatic N) is 3. The van der Waals surface area contributed by atoms with E-state index in [4.69, 9.17) is 0 Å². The lowest BCUT2D eigenvalue weighted by molar-refractivity contribution is 0.258. The van der Waals surface area contributed by atoms with E-state index in [0.717, 1.165) is 13.1 Å². The smallest absolute Gasteiger partial charge is 0.265 e. The van der Waals surface area contributed by atoms with Gasteiger partial charge in [0.15, 0.2) is 0 Å². The Morgan fingerprint density at radius 1 is 1.33 bits per heavy atom. The lowest BCUT2D eigenvalue weighted by atomic mass is 9.72. The Bertz CT molecular complexity index is 317. The molecule has 4 heteroatoms. The van der Waals surface area contributed by atoms with E-state index < -0.39 is 0 Å². The Morgan fingerprint density at radius 3 is 2.33 bits per heavy atom. The molecule has 1 unspecified atom stereocenters. The molecular formula is C11H22BN3. The van der Waals surface area contributed by atoms with Crippen molar-refractivity contribution in [2.45, 2.75) is 46.9 Å². The first-order valence-electron chi connectivity index (χ1n) is 5.80. The Hall–Kier alpha value is -0.795. The van der Waals surface area contributed by atoms with Crippen molar-refractivity contribution in [2.24, 2.45) is 11.8 Å². The molecule has 84 valence electrons. The van der Waals surface area contributed by atoms with Gasteiger partial charge in [-0.1, -0.05) is 46.7 Å². The normalized spacial score (nSPS) is 14.3. The number of hydrogen-bond acceptors (Lipinski definition) is 2. The van der Waals surface area contributed by atoms with Gasteiger partial charge in [0.2, 0.25) is 0 Å². The molecule has 0 aliphatic heterocycles. The molecule has 3 nitrogen and oxygen atoms in total. The predicted octanol–water partition coefficient (Wildman–Crippen LogP) is 2.10. The summed E-state index contributed by atoms with van der Waals surface area (Å²) in [7, 11) is 0.888. The highest BCUT2D eigenvalue weighted by Crippen LogP contribution is 2.34. The lowest BCUT2D eigenvalue weighted by Gasteiger charge is -2.32. The first-order valence-corrected chi connectivity index (χ1v) is 5.80. The molecule has 0 aromatic carbocycles. The van der Waals surface area contributed by atoms with E-state index in [9.17, 15) is 0 Å². The zero-order valence-corrected chi connectivity index (χ0v) is 10.8. The highest BCUT2D eigenvalue weighted by molar-refractivity contribution is 6.30. The van der Waals surface area contributed by atoms with Gasteiger partial charge in [0.05, 0.1) is 5.69 Å². The summed E-state index contributed by atoms with van der Waals surface area (Å²) >= 11 is 0. The van der Waals surface area contributed by atoms with E-state index in [1.54, 1.807) is 0 Å². The van der Waals surface area contributed by atoms with Gasteiger partial charge in [0.25, 0.3) is 7.41 Å². The molecule has 0 bridgehead atoms. The van der Waals surface area contributed by atoms with Gasteiger partial charge in [0.1, 0.15) is 0 Å². The van der Waals surface area contributed by atoms with Crippen LogP contribution in [0.2, 0.25) is 6.82 Å². The highest BCUT2D eigenvalue weighted by Gasteiger charge is 2.32. The minimum absolute atomic E-state index is 0.0988. The summed E-state index contributed by atoms with van der Waals surface area (Å²) in [6.45, 7) is 13.4. The molecule has 1 heterocycles. The number of hydrogen-bond donors (Lipinski definition) is 0. The molecule has 0 spiro atoms. The van der Waals surface area contributed by atoms with Crippen molar-refractivity contribution < 1.29 is 0 Å². The maximum absolute atomic E-state index is 4.28. The van der Waals surface area contributed by atoms with E-state index in [2.05, 4.69) is 58.0 Å². The molecule has 0 aliphatic rings. The Morgan fingerprint density at radius 2 is 1.93 bits per heavy atom. The van der Waals surface area contributed by atoms with Crippen molar-refractivity contribution in [3.63, 3.8) is 0 Å². The molecule has 1 atom stereocenters. The van der Waals surface area contributed by atoms with Crippen molar-refractivity contribution in [1.29, 1.82) is 0 Å². The molecule has 0 radical (unpaired) electrons. The first-order chi connectivity index (χ1) is 6.89. The quantitative estimate of drug-likeness (QED) is 0.708. The molecule has 0 fully saturated rings. The van der Waals surface area contributed by atoms with Gasteiger partial charge in [-0.2, -0.15) is 0 Å². The summed E-state index contributed by atoms with van der Waals surface area (Å²) in [6, 6.07) is 0. The van der Waals surface area contributed by atoms with Gasteiger partial charge in [-0.15, -0.1) is 5.10 Å². The van der Waals surface area contributed by atoms with Gasteiger partial charge in [-0.25, -0.2) is 0 Å². The van der Waals surface area contributed by atoms with Crippen molar-refractivity contribution in [3.05, 3.63) is 11.9 Å². The van der Waals surface area contributed by atoms with E-state index in [1.165, 1.54) is 0 Å². The average molecular weight is 207 g/mol. The van der Waals surface area contributed by atoms with Crippen molar-refractivity contribution in [2.75, 3.05) is 0 Å². The fourth-order valence-corrected chi connectivity index (χ4v) is 1.81. The summed E-state index contributed by atoms with van der Waals surface area (Å²) in [6.07, 6.45) is 2.07. The van der Waals surface area contributed by atoms with Crippen LogP contribution < -0.4 is 0 Å². The monoisotopic (exact) mass is 207 g/mol. The van der Waals surface area contributed by atoms with Crippen LogP contribution in [0.25, 0.3) is 0 Å². The molecule has 0 saturated carbocycles. The second-order valence-electron chi connectivity index (χ2n) is 5.21. The van der Waals surface area contributed by atoms with Crippen LogP contribution in [0.15, 0.2) is 6.20 Å². The summed E-state index contributed by atoms with van der Waals surface area (Å²) in [5.41, 5.74) is 1.20. The molecule has 0 aliphatic carbocycles. The van der Waals surface area contributed by atoms with Crippen LogP contribution >= 0.6 is 0 Å². The molecular weight excluding hydrogens is 185 g/mol. The second-order valence-corrected chi connectivity index (χ2v) is 5.21. The second kappa shape index (κ2) is 4.37. The van der Waals surface area contributed by atoms with E-state index in [-0.39, 0.29) is 5.41 Å². The topological polar surface area (TPSA) is 30.7 Å². The third-order valence-electron chi connectivity index (χ3n) is 3.66. The van der Waals surface area contributed by atoms with Crippen LogP contribution in [0.5, 0.6) is 0 Å². The Labute approximate surface area is 93.5 Å². The van der Waals surface area contributed by atoms with Crippen molar-refractivity contribution in [3.8, 4) is 0 Å². The minimum Gasteiger partial charge on any atom is -0.302 e. The third kappa shape index (κ3) is 2.41. The molecule has 15 heavy (non-hydrogen) atoms. The first kappa shape index (κ1) is 12.3. The number of aromatic nitrogens is 3. The Balaban J connectivity index is 2.94. The molecule has 0 N–H and O–H groups in total. The van der Waals surface area contributed by atoms with Crippen molar-refractivity contribution in [1.82, 2.24) is 14.9 Å². The van der Waals surface area contributed by atoms with Gasteiger partial charge >= 0.3 is 0 Å². The summed E-state index contributed by atoms with van der Waals surface area (Å²) in [4.78, 5) is 0.